The maximum absolute atomic E-state index is 14.9. The minimum atomic E-state index is -0.836. The molecular weight excluding hydrogens is 632 g/mol. The van der Waals surface area contributed by atoms with E-state index in [9.17, 15) is 19.1 Å². The van der Waals surface area contributed by atoms with E-state index in [1.807, 2.05) is 6.07 Å². The molecule has 0 unspecified atom stereocenters. The van der Waals surface area contributed by atoms with Gasteiger partial charge in [-0.1, -0.05) is 71.9 Å². The lowest BCUT2D eigenvalue weighted by Crippen LogP contribution is -2.41. The quantitative estimate of drug-likeness (QED) is 0.204. The van der Waals surface area contributed by atoms with Crippen molar-refractivity contribution < 1.29 is 19.0 Å². The first kappa shape index (κ1) is 31.9. The summed E-state index contributed by atoms with van der Waals surface area (Å²) in [6.07, 6.45) is 3.40. The first-order chi connectivity index (χ1) is 21.1. The Morgan fingerprint density at radius 1 is 1.07 bits per heavy atom. The van der Waals surface area contributed by atoms with Gasteiger partial charge in [0.05, 0.1) is 34.6 Å². The molecule has 2 heterocycles. The normalized spacial score (nSPS) is 16.5. The zero-order chi connectivity index (χ0) is 31.5. The highest BCUT2D eigenvalue weighted by molar-refractivity contribution is 6.39. The second-order valence-corrected chi connectivity index (χ2v) is 11.6. The molecule has 9 nitrogen and oxygen atoms in total. The van der Waals surface area contributed by atoms with Crippen molar-refractivity contribution in [1.29, 1.82) is 0 Å². The van der Waals surface area contributed by atoms with Crippen LogP contribution in [0.15, 0.2) is 53.3 Å². The number of anilines is 1. The molecule has 230 valence electrons. The van der Waals surface area contributed by atoms with Crippen LogP contribution >= 0.6 is 34.8 Å². The van der Waals surface area contributed by atoms with E-state index in [4.69, 9.17) is 39.5 Å². The van der Waals surface area contributed by atoms with Crippen molar-refractivity contribution in [1.82, 2.24) is 20.1 Å². The third kappa shape index (κ3) is 6.74. The van der Waals surface area contributed by atoms with E-state index in [-0.39, 0.29) is 44.2 Å². The third-order valence-corrected chi connectivity index (χ3v) is 8.54. The summed E-state index contributed by atoms with van der Waals surface area (Å²) in [5.74, 6) is -1.13. The number of rotatable bonds is 8. The van der Waals surface area contributed by atoms with Crippen LogP contribution in [-0.2, 0) is 13.6 Å². The number of carbonyl (C=O) groups is 1. The van der Waals surface area contributed by atoms with Crippen LogP contribution in [0.2, 0.25) is 15.2 Å². The number of nitrogens with one attached hydrogen (secondary N) is 2. The molecule has 2 aromatic carbocycles. The van der Waals surface area contributed by atoms with Crippen LogP contribution in [0, 0.1) is 5.82 Å². The smallest absolute Gasteiger partial charge is 0.279 e. The minimum Gasteiger partial charge on any atom is -0.481 e. The van der Waals surface area contributed by atoms with Crippen LogP contribution in [0.3, 0.4) is 0 Å². The number of hydrogen-bond acceptors (Lipinski definition) is 7. The number of halogens is 4. The Morgan fingerprint density at radius 3 is 2.57 bits per heavy atom. The zero-order valence-electron chi connectivity index (χ0n) is 23.8. The fourth-order valence-corrected chi connectivity index (χ4v) is 6.07. The first-order valence-corrected chi connectivity index (χ1v) is 15.0. The largest absolute Gasteiger partial charge is 0.481 e. The molecular formula is C31H29Cl3FN5O4. The molecule has 0 spiro atoms. The Morgan fingerprint density at radius 2 is 1.82 bits per heavy atom. The Hall–Kier alpha value is -3.54. The molecule has 2 aromatic heterocycles. The van der Waals surface area contributed by atoms with Crippen LogP contribution < -0.4 is 20.9 Å². The van der Waals surface area contributed by atoms with Gasteiger partial charge in [-0.2, -0.15) is 5.10 Å². The summed E-state index contributed by atoms with van der Waals surface area (Å²) >= 11 is 19.5. The van der Waals surface area contributed by atoms with Gasteiger partial charge >= 0.3 is 0 Å². The van der Waals surface area contributed by atoms with Gasteiger partial charge in [0.15, 0.2) is 5.15 Å². The lowest BCUT2D eigenvalue weighted by atomic mass is 9.92. The summed E-state index contributed by atoms with van der Waals surface area (Å²) in [4.78, 5) is 30.0. The zero-order valence-corrected chi connectivity index (χ0v) is 26.1. The summed E-state index contributed by atoms with van der Waals surface area (Å²) in [5, 5.41) is 20.2. The molecule has 1 aliphatic rings. The highest BCUT2D eigenvalue weighted by atomic mass is 35.5. The summed E-state index contributed by atoms with van der Waals surface area (Å²) in [7, 11) is 2.88. The van der Waals surface area contributed by atoms with Gasteiger partial charge in [-0.15, -0.1) is 0 Å². The number of aromatic nitrogens is 3. The number of aryl methyl sites for hydroxylation is 1. The van der Waals surface area contributed by atoms with Gasteiger partial charge < -0.3 is 20.5 Å². The molecule has 1 saturated carbocycles. The SMILES string of the molecule is COc1nc(-c2cccc(-c3cc(F)cc(NC(=O)c4cc(Cl)nn(C)c4=O)c3Cl)c2Cl)ccc1CN[C@@H]1CCCC[C@@H]1O. The Kier molecular flexibility index (Phi) is 9.87. The van der Waals surface area contributed by atoms with Gasteiger partial charge in [0.1, 0.15) is 11.4 Å². The second kappa shape index (κ2) is 13.6. The predicted octanol–water partition coefficient (Wildman–Crippen LogP) is 6.26. The van der Waals surface area contributed by atoms with Gasteiger partial charge in [0.25, 0.3) is 11.5 Å². The molecule has 0 radical (unpaired) electrons. The molecule has 13 heteroatoms. The number of aliphatic hydroxyl groups is 1. The molecule has 1 fully saturated rings. The van der Waals surface area contributed by atoms with Crippen LogP contribution in [0.5, 0.6) is 5.88 Å². The van der Waals surface area contributed by atoms with Gasteiger partial charge in [0.2, 0.25) is 5.88 Å². The summed E-state index contributed by atoms with van der Waals surface area (Å²) in [6, 6.07) is 12.2. The lowest BCUT2D eigenvalue weighted by molar-refractivity contribution is 0.0901. The minimum absolute atomic E-state index is 0.00707. The predicted molar refractivity (Wildman–Crippen MR) is 169 cm³/mol. The van der Waals surface area contributed by atoms with Crippen LogP contribution in [0.4, 0.5) is 10.1 Å². The van der Waals surface area contributed by atoms with E-state index >= 15 is 0 Å². The van der Waals surface area contributed by atoms with Gasteiger partial charge in [-0.25, -0.2) is 14.1 Å². The van der Waals surface area contributed by atoms with E-state index in [1.165, 1.54) is 20.2 Å². The molecule has 3 N–H and O–H groups in total. The van der Waals surface area contributed by atoms with E-state index < -0.39 is 17.3 Å². The lowest BCUT2D eigenvalue weighted by Gasteiger charge is -2.28. The van der Waals surface area contributed by atoms with E-state index in [0.717, 1.165) is 48.1 Å². The van der Waals surface area contributed by atoms with Crippen LogP contribution in [0.25, 0.3) is 22.4 Å². The topological polar surface area (TPSA) is 118 Å². The van der Waals surface area contributed by atoms with Crippen LogP contribution in [0.1, 0.15) is 41.6 Å². The fourth-order valence-electron chi connectivity index (χ4n) is 5.26. The van der Waals surface area contributed by atoms with Crippen molar-refractivity contribution in [2.45, 2.75) is 44.4 Å². The number of methoxy groups -OCH3 is 1. The van der Waals surface area contributed by atoms with Gasteiger partial charge in [-0.05, 0) is 37.1 Å². The number of ether oxygens (including phenoxy) is 1. The number of pyridine rings is 1. The molecule has 2 atom stereocenters. The molecule has 44 heavy (non-hydrogen) atoms. The van der Waals surface area contributed by atoms with Crippen molar-refractivity contribution >= 4 is 46.4 Å². The van der Waals surface area contributed by atoms with E-state index in [1.54, 1.807) is 24.3 Å². The van der Waals surface area contributed by atoms with Crippen LogP contribution in [-0.4, -0.2) is 45.0 Å². The van der Waals surface area contributed by atoms with E-state index in [0.29, 0.717) is 29.2 Å². The highest BCUT2D eigenvalue weighted by Gasteiger charge is 2.24. The highest BCUT2D eigenvalue weighted by Crippen LogP contribution is 2.42. The van der Waals surface area contributed by atoms with Crippen molar-refractivity contribution in [3.05, 3.63) is 91.0 Å². The fraction of sp³-hybridized carbons (Fsp3) is 0.290. The molecule has 5 rings (SSSR count). The monoisotopic (exact) mass is 659 g/mol. The number of amides is 1. The summed E-state index contributed by atoms with van der Waals surface area (Å²) in [5.41, 5.74) is 1.45. The first-order valence-electron chi connectivity index (χ1n) is 13.9. The van der Waals surface area contributed by atoms with E-state index in [2.05, 4.69) is 20.7 Å². The maximum atomic E-state index is 14.9. The maximum Gasteiger partial charge on any atom is 0.279 e. The third-order valence-electron chi connectivity index (χ3n) is 7.54. The average molecular weight is 661 g/mol. The van der Waals surface area contributed by atoms with Gasteiger partial charge in [-0.3, -0.25) is 9.59 Å². The second-order valence-electron chi connectivity index (χ2n) is 10.4. The number of hydrogen-bond donors (Lipinski definition) is 3. The number of benzene rings is 2. The molecule has 0 bridgehead atoms. The molecule has 0 aliphatic heterocycles. The Balaban J connectivity index is 1.45. The van der Waals surface area contributed by atoms with Crippen molar-refractivity contribution in [2.75, 3.05) is 12.4 Å². The molecule has 0 saturated heterocycles. The number of nitrogens with zero attached hydrogens (tertiary/aromatic N) is 3. The molecule has 1 aliphatic carbocycles. The summed E-state index contributed by atoms with van der Waals surface area (Å²) < 4.78 is 21.4. The Labute approximate surface area is 267 Å². The average Bonchev–Trinajstić information content (AvgIpc) is 3.00. The number of aliphatic hydroxyl groups excluding tert-OH is 1. The Bertz CT molecular complexity index is 1780. The summed E-state index contributed by atoms with van der Waals surface area (Å²) in [6.45, 7) is 0.469. The molecule has 4 aromatic rings. The number of carbonyl (C=O) groups excluding carboxylic acids is 1. The van der Waals surface area contributed by atoms with Crippen molar-refractivity contribution in [3.63, 3.8) is 0 Å². The molecule has 1 amide bonds. The van der Waals surface area contributed by atoms with Gasteiger partial charge in [0, 0.05) is 41.9 Å². The standard InChI is InChI=1S/C31H29Cl3FN5O4/c1-40-31(43)21(14-26(32)39-40)29(42)37-24-13-17(35)12-20(28(24)34)18-6-5-7-19(27(18)33)22-11-10-16(30(38-22)44-2)15-36-23-8-3-4-9-25(23)41/h5-7,10-14,23,25,36,41H,3-4,8-9,15H2,1-2H3,(H,37,42)/t23-,25+/m1/s1. The van der Waals surface area contributed by atoms with Crippen molar-refractivity contribution in [2.24, 2.45) is 7.05 Å². The van der Waals surface area contributed by atoms with Crippen molar-refractivity contribution in [3.8, 4) is 28.3 Å².